The topological polar surface area (TPSA) is 29.3 Å². The van der Waals surface area contributed by atoms with Gasteiger partial charge in [-0.1, -0.05) is 6.42 Å². The summed E-state index contributed by atoms with van der Waals surface area (Å²) in [7, 11) is 0. The molecule has 0 radical (unpaired) electrons. The zero-order valence-electron chi connectivity index (χ0n) is 9.94. The number of hydrogen-bond donors (Lipinski definition) is 1. The molecule has 2 fully saturated rings. The lowest BCUT2D eigenvalue weighted by Crippen LogP contribution is -2.40. The van der Waals surface area contributed by atoms with E-state index in [2.05, 4.69) is 32.3 Å². The Balaban J connectivity index is 1.89. The zero-order valence-corrected chi connectivity index (χ0v) is 12.3. The van der Waals surface area contributed by atoms with Gasteiger partial charge < -0.3 is 5.73 Å². The smallest absolute Gasteiger partial charge is 0.0596 e. The normalized spacial score (nSPS) is 31.4. The molecule has 1 saturated heterocycles. The molecule has 1 aromatic heterocycles. The molecule has 1 saturated carbocycles. The molecule has 1 aromatic rings. The van der Waals surface area contributed by atoms with Crippen molar-refractivity contribution in [2.75, 3.05) is 6.54 Å². The summed E-state index contributed by atoms with van der Waals surface area (Å²) in [6.45, 7) is 1.23. The molecule has 3 rings (SSSR count). The van der Waals surface area contributed by atoms with E-state index in [-0.39, 0.29) is 0 Å². The summed E-state index contributed by atoms with van der Waals surface area (Å²) >= 11 is 5.41. The largest absolute Gasteiger partial charge is 0.326 e. The number of thiophene rings is 1. The molecule has 94 valence electrons. The number of likely N-dealkylation sites (tertiary alicyclic amines) is 1. The molecule has 4 heteroatoms. The molecule has 0 aromatic carbocycles. The molecule has 2 N–H and O–H groups in total. The Bertz CT molecular complexity index is 389. The van der Waals surface area contributed by atoms with Crippen LogP contribution in [0.5, 0.6) is 0 Å². The lowest BCUT2D eigenvalue weighted by Gasteiger charge is -2.32. The predicted octanol–water partition coefficient (Wildman–Crippen LogP) is 3.53. The summed E-state index contributed by atoms with van der Waals surface area (Å²) in [6, 6.07) is 3.84. The standard InChI is InChI=1S/C13H19BrN2S/c14-9-7-12(17-8-9)13-11(15)3-1-2-6-16(13)10-4-5-10/h7-8,10-11,13H,1-6,15H2. The quantitative estimate of drug-likeness (QED) is 0.905. The first-order valence-electron chi connectivity index (χ1n) is 6.51. The van der Waals surface area contributed by atoms with Crippen molar-refractivity contribution < 1.29 is 0 Å². The Kier molecular flexibility index (Phi) is 3.57. The number of nitrogens with two attached hydrogens (primary N) is 1. The van der Waals surface area contributed by atoms with Crippen LogP contribution in [0, 0.1) is 0 Å². The average Bonchev–Trinajstić information content (AvgIpc) is 3.07. The first kappa shape index (κ1) is 12.2. The van der Waals surface area contributed by atoms with Gasteiger partial charge in [-0.2, -0.15) is 0 Å². The van der Waals surface area contributed by atoms with Crippen LogP contribution in [-0.2, 0) is 0 Å². The van der Waals surface area contributed by atoms with E-state index in [1.807, 2.05) is 11.3 Å². The summed E-state index contributed by atoms with van der Waals surface area (Å²) < 4.78 is 1.20. The Morgan fingerprint density at radius 2 is 2.12 bits per heavy atom. The van der Waals surface area contributed by atoms with Gasteiger partial charge in [0, 0.05) is 26.8 Å². The highest BCUT2D eigenvalue weighted by Crippen LogP contribution is 2.40. The van der Waals surface area contributed by atoms with Crippen molar-refractivity contribution >= 4 is 27.3 Å². The van der Waals surface area contributed by atoms with Gasteiger partial charge in [0.2, 0.25) is 0 Å². The van der Waals surface area contributed by atoms with Gasteiger partial charge in [-0.3, -0.25) is 4.90 Å². The fourth-order valence-corrected chi connectivity index (χ4v) is 4.53. The molecule has 2 aliphatic rings. The van der Waals surface area contributed by atoms with Crippen LogP contribution in [0.1, 0.15) is 43.0 Å². The van der Waals surface area contributed by atoms with Crippen molar-refractivity contribution in [3.63, 3.8) is 0 Å². The van der Waals surface area contributed by atoms with E-state index >= 15 is 0 Å². The van der Waals surface area contributed by atoms with Crippen LogP contribution in [0.25, 0.3) is 0 Å². The summed E-state index contributed by atoms with van der Waals surface area (Å²) in [5, 5.41) is 2.18. The monoisotopic (exact) mass is 314 g/mol. The maximum Gasteiger partial charge on any atom is 0.0596 e. The van der Waals surface area contributed by atoms with Crippen molar-refractivity contribution in [1.29, 1.82) is 0 Å². The van der Waals surface area contributed by atoms with Gasteiger partial charge in [-0.15, -0.1) is 11.3 Å². The third-order valence-electron chi connectivity index (χ3n) is 3.86. The molecular weight excluding hydrogens is 296 g/mol. The first-order valence-corrected chi connectivity index (χ1v) is 8.18. The van der Waals surface area contributed by atoms with E-state index in [1.54, 1.807) is 0 Å². The molecule has 2 heterocycles. The molecule has 0 amide bonds. The minimum Gasteiger partial charge on any atom is -0.326 e. The van der Waals surface area contributed by atoms with Crippen LogP contribution in [0.3, 0.4) is 0 Å². The molecule has 17 heavy (non-hydrogen) atoms. The number of rotatable bonds is 2. The number of halogens is 1. The summed E-state index contributed by atoms with van der Waals surface area (Å²) in [5.41, 5.74) is 6.43. The van der Waals surface area contributed by atoms with E-state index in [0.29, 0.717) is 12.1 Å². The lowest BCUT2D eigenvalue weighted by molar-refractivity contribution is 0.178. The number of hydrogen-bond acceptors (Lipinski definition) is 3. The minimum absolute atomic E-state index is 0.309. The Hall–Kier alpha value is 0.1000. The second kappa shape index (κ2) is 5.00. The highest BCUT2D eigenvalue weighted by Gasteiger charge is 2.38. The average molecular weight is 315 g/mol. The van der Waals surface area contributed by atoms with Crippen LogP contribution < -0.4 is 5.73 Å². The zero-order chi connectivity index (χ0) is 11.8. The molecular formula is C13H19BrN2S. The Labute approximate surface area is 115 Å². The van der Waals surface area contributed by atoms with Crippen LogP contribution in [0.2, 0.25) is 0 Å². The molecule has 2 atom stereocenters. The van der Waals surface area contributed by atoms with Gasteiger partial charge >= 0.3 is 0 Å². The van der Waals surface area contributed by atoms with E-state index in [9.17, 15) is 0 Å². The summed E-state index contributed by atoms with van der Waals surface area (Å²) in [5.74, 6) is 0. The van der Waals surface area contributed by atoms with Gasteiger partial charge in [0.05, 0.1) is 6.04 Å². The van der Waals surface area contributed by atoms with Crippen molar-refractivity contribution in [2.24, 2.45) is 5.73 Å². The third kappa shape index (κ3) is 2.60. The molecule has 0 bridgehead atoms. The highest BCUT2D eigenvalue weighted by molar-refractivity contribution is 9.10. The van der Waals surface area contributed by atoms with E-state index in [0.717, 1.165) is 6.04 Å². The van der Waals surface area contributed by atoms with Crippen molar-refractivity contribution in [3.05, 3.63) is 20.8 Å². The maximum absolute atomic E-state index is 6.43. The van der Waals surface area contributed by atoms with Gasteiger partial charge in [-0.05, 0) is 54.2 Å². The molecule has 2 nitrogen and oxygen atoms in total. The highest BCUT2D eigenvalue weighted by atomic mass is 79.9. The summed E-state index contributed by atoms with van der Waals surface area (Å²) in [6.07, 6.45) is 6.51. The molecule has 0 spiro atoms. The third-order valence-corrected chi connectivity index (χ3v) is 5.63. The Morgan fingerprint density at radius 3 is 2.76 bits per heavy atom. The van der Waals surface area contributed by atoms with Crippen LogP contribution in [0.4, 0.5) is 0 Å². The second-order valence-corrected chi connectivity index (χ2v) is 7.10. The minimum atomic E-state index is 0.309. The van der Waals surface area contributed by atoms with Gasteiger partial charge in [0.15, 0.2) is 0 Å². The number of nitrogens with zero attached hydrogens (tertiary/aromatic N) is 1. The fraction of sp³-hybridized carbons (Fsp3) is 0.692. The van der Waals surface area contributed by atoms with Crippen molar-refractivity contribution in [3.8, 4) is 0 Å². The van der Waals surface area contributed by atoms with Crippen molar-refractivity contribution in [1.82, 2.24) is 4.90 Å². The van der Waals surface area contributed by atoms with Crippen LogP contribution in [0.15, 0.2) is 15.9 Å². The molecule has 2 unspecified atom stereocenters. The van der Waals surface area contributed by atoms with Crippen LogP contribution in [-0.4, -0.2) is 23.5 Å². The first-order chi connectivity index (χ1) is 8.25. The Morgan fingerprint density at radius 1 is 1.29 bits per heavy atom. The second-order valence-electron chi connectivity index (χ2n) is 5.24. The van der Waals surface area contributed by atoms with E-state index in [1.165, 1.54) is 48.0 Å². The molecule has 1 aliphatic heterocycles. The maximum atomic E-state index is 6.43. The molecule has 1 aliphatic carbocycles. The fourth-order valence-electron chi connectivity index (χ4n) is 2.89. The lowest BCUT2D eigenvalue weighted by atomic mass is 10.0. The van der Waals surface area contributed by atoms with Crippen molar-refractivity contribution in [2.45, 2.75) is 50.2 Å². The van der Waals surface area contributed by atoms with Gasteiger partial charge in [0.1, 0.15) is 0 Å². The summed E-state index contributed by atoms with van der Waals surface area (Å²) in [4.78, 5) is 4.12. The predicted molar refractivity (Wildman–Crippen MR) is 76.3 cm³/mol. The van der Waals surface area contributed by atoms with Crippen LogP contribution >= 0.6 is 27.3 Å². The van der Waals surface area contributed by atoms with E-state index in [4.69, 9.17) is 5.73 Å². The van der Waals surface area contributed by atoms with Gasteiger partial charge in [0.25, 0.3) is 0 Å². The van der Waals surface area contributed by atoms with Gasteiger partial charge in [-0.25, -0.2) is 0 Å². The van der Waals surface area contributed by atoms with E-state index < -0.39 is 0 Å². The SMILES string of the molecule is NC1CCCCN(C2CC2)C1c1cc(Br)cs1.